The summed E-state index contributed by atoms with van der Waals surface area (Å²) in [5, 5.41) is 0. The first-order valence-corrected chi connectivity index (χ1v) is 4.09. The molecule has 0 saturated heterocycles. The minimum absolute atomic E-state index is 0.228. The molecule has 75 valence electrons. The van der Waals surface area contributed by atoms with Gasteiger partial charge >= 0.3 is 11.9 Å². The number of carbonyl (C=O) groups is 2. The molecule has 4 nitrogen and oxygen atoms in total. The molecule has 0 aliphatic rings. The molecule has 1 atom stereocenters. The van der Waals surface area contributed by atoms with Crippen LogP contribution in [-0.2, 0) is 19.1 Å². The van der Waals surface area contributed by atoms with Crippen LogP contribution in [0.15, 0.2) is 0 Å². The van der Waals surface area contributed by atoms with E-state index in [-0.39, 0.29) is 24.3 Å². The quantitative estimate of drug-likeness (QED) is 0.601. The van der Waals surface area contributed by atoms with Gasteiger partial charge in [-0.15, -0.1) is 0 Å². The third-order valence-corrected chi connectivity index (χ3v) is 1.81. The summed E-state index contributed by atoms with van der Waals surface area (Å²) in [6, 6.07) is 0. The highest BCUT2D eigenvalue weighted by Gasteiger charge is 2.18. The van der Waals surface area contributed by atoms with Crippen molar-refractivity contribution in [2.75, 3.05) is 14.2 Å². The summed E-state index contributed by atoms with van der Waals surface area (Å²) in [7, 11) is 2.64. The number of methoxy groups -OCH3 is 2. The van der Waals surface area contributed by atoms with Crippen molar-refractivity contribution in [2.24, 2.45) is 5.92 Å². The first-order chi connectivity index (χ1) is 6.15. The van der Waals surface area contributed by atoms with E-state index >= 15 is 0 Å². The van der Waals surface area contributed by atoms with Gasteiger partial charge in [-0.3, -0.25) is 9.59 Å². The number of ether oxygens (including phenoxy) is 2. The van der Waals surface area contributed by atoms with Crippen LogP contribution in [0.25, 0.3) is 0 Å². The van der Waals surface area contributed by atoms with Gasteiger partial charge in [0.15, 0.2) is 0 Å². The Morgan fingerprint density at radius 1 is 1.31 bits per heavy atom. The maximum atomic E-state index is 11.0. The van der Waals surface area contributed by atoms with E-state index in [0.717, 1.165) is 0 Å². The Morgan fingerprint density at radius 2 is 1.92 bits per heavy atom. The third-order valence-electron chi connectivity index (χ3n) is 1.81. The molecule has 0 aromatic heterocycles. The Kier molecular flexibility index (Phi) is 5.93. The molecule has 0 aromatic rings. The van der Waals surface area contributed by atoms with E-state index in [9.17, 15) is 9.59 Å². The summed E-state index contributed by atoms with van der Waals surface area (Å²) >= 11 is 0. The molecule has 0 heterocycles. The van der Waals surface area contributed by atoms with Crippen molar-refractivity contribution in [1.82, 2.24) is 0 Å². The van der Waals surface area contributed by atoms with Crippen LogP contribution in [0.2, 0.25) is 0 Å². The van der Waals surface area contributed by atoms with Crippen molar-refractivity contribution in [1.29, 1.82) is 0 Å². The highest BCUT2D eigenvalue weighted by atomic mass is 16.5. The van der Waals surface area contributed by atoms with Crippen LogP contribution in [0.1, 0.15) is 19.3 Å². The Labute approximate surface area is 78.2 Å². The summed E-state index contributed by atoms with van der Waals surface area (Å²) < 4.78 is 8.99. The largest absolute Gasteiger partial charge is 0.469 e. The third kappa shape index (κ3) is 4.50. The molecule has 0 aliphatic carbocycles. The Morgan fingerprint density at radius 3 is 2.31 bits per heavy atom. The van der Waals surface area contributed by atoms with Gasteiger partial charge in [-0.25, -0.2) is 0 Å². The van der Waals surface area contributed by atoms with E-state index in [1.165, 1.54) is 14.2 Å². The Bertz CT molecular complexity index is 176. The van der Waals surface area contributed by atoms with Crippen LogP contribution < -0.4 is 0 Å². The van der Waals surface area contributed by atoms with Crippen molar-refractivity contribution in [3.8, 4) is 0 Å². The number of rotatable bonds is 5. The number of hydrogen-bond acceptors (Lipinski definition) is 4. The minimum atomic E-state index is -0.320. The molecule has 0 N–H and O–H groups in total. The molecule has 0 fully saturated rings. The zero-order chi connectivity index (χ0) is 10.3. The zero-order valence-electron chi connectivity index (χ0n) is 8.04. The maximum Gasteiger partial charge on any atom is 0.308 e. The van der Waals surface area contributed by atoms with Gasteiger partial charge in [0.1, 0.15) is 0 Å². The van der Waals surface area contributed by atoms with Crippen molar-refractivity contribution in [3.05, 3.63) is 6.92 Å². The summed E-state index contributed by atoms with van der Waals surface area (Å²) in [4.78, 5) is 21.8. The molecule has 0 bridgehead atoms. The van der Waals surface area contributed by atoms with Gasteiger partial charge in [0.05, 0.1) is 20.1 Å². The van der Waals surface area contributed by atoms with Crippen LogP contribution in [0, 0.1) is 12.8 Å². The molecule has 0 aromatic carbocycles. The van der Waals surface area contributed by atoms with Crippen LogP contribution in [-0.4, -0.2) is 26.2 Å². The lowest BCUT2D eigenvalue weighted by atomic mass is 10.0. The average molecular weight is 187 g/mol. The lowest BCUT2D eigenvalue weighted by molar-refractivity contribution is -0.146. The molecule has 0 spiro atoms. The number of esters is 2. The van der Waals surface area contributed by atoms with Gasteiger partial charge in [-0.1, -0.05) is 6.92 Å². The van der Waals surface area contributed by atoms with Gasteiger partial charge in [0, 0.05) is 6.42 Å². The first-order valence-electron chi connectivity index (χ1n) is 4.09. The Hall–Kier alpha value is -1.06. The van der Waals surface area contributed by atoms with E-state index in [1.807, 2.05) is 0 Å². The summed E-state index contributed by atoms with van der Waals surface area (Å²) in [5.41, 5.74) is 0. The predicted octanol–water partition coefficient (Wildman–Crippen LogP) is 0.953. The summed E-state index contributed by atoms with van der Waals surface area (Å²) in [6.45, 7) is 3.61. The van der Waals surface area contributed by atoms with E-state index in [1.54, 1.807) is 0 Å². The molecule has 0 saturated carbocycles. The van der Waals surface area contributed by atoms with Crippen molar-refractivity contribution < 1.29 is 19.1 Å². The number of carbonyl (C=O) groups excluding carboxylic acids is 2. The predicted molar refractivity (Wildman–Crippen MR) is 46.7 cm³/mol. The van der Waals surface area contributed by atoms with Gasteiger partial charge < -0.3 is 9.47 Å². The molecular formula is C9H15O4. The Balaban J connectivity index is 3.85. The van der Waals surface area contributed by atoms with E-state index < -0.39 is 0 Å². The van der Waals surface area contributed by atoms with Gasteiger partial charge in [0.2, 0.25) is 0 Å². The number of hydrogen-bond donors (Lipinski definition) is 0. The molecular weight excluding hydrogens is 172 g/mol. The summed E-state index contributed by atoms with van der Waals surface area (Å²) in [5.74, 6) is -0.939. The molecule has 1 unspecified atom stereocenters. The molecule has 0 amide bonds. The first kappa shape index (κ1) is 11.9. The lowest BCUT2D eigenvalue weighted by Gasteiger charge is -2.10. The van der Waals surface area contributed by atoms with E-state index in [2.05, 4.69) is 16.4 Å². The molecule has 1 radical (unpaired) electrons. The van der Waals surface area contributed by atoms with Crippen LogP contribution in [0.3, 0.4) is 0 Å². The van der Waals surface area contributed by atoms with Crippen molar-refractivity contribution in [2.45, 2.75) is 19.3 Å². The molecule has 13 heavy (non-hydrogen) atoms. The smallest absolute Gasteiger partial charge is 0.308 e. The monoisotopic (exact) mass is 187 g/mol. The topological polar surface area (TPSA) is 52.6 Å². The van der Waals surface area contributed by atoms with Gasteiger partial charge in [-0.05, 0) is 12.8 Å². The molecule has 4 heteroatoms. The average Bonchev–Trinajstić information content (AvgIpc) is 2.17. The van der Waals surface area contributed by atoms with Gasteiger partial charge in [0.25, 0.3) is 0 Å². The fraction of sp³-hybridized carbons (Fsp3) is 0.667. The standard InChI is InChI=1S/C9H15O4/c1-4-7(9(11)13-3)5-6-8(10)12-2/h7H,1,4-6H2,2-3H3. The van der Waals surface area contributed by atoms with Crippen molar-refractivity contribution in [3.63, 3.8) is 0 Å². The van der Waals surface area contributed by atoms with E-state index in [0.29, 0.717) is 12.8 Å². The SMILES string of the molecule is [CH2]CC(CCC(=O)OC)C(=O)OC. The molecule has 0 rings (SSSR count). The lowest BCUT2D eigenvalue weighted by Crippen LogP contribution is -2.17. The fourth-order valence-electron chi connectivity index (χ4n) is 0.941. The van der Waals surface area contributed by atoms with Crippen LogP contribution in [0.5, 0.6) is 0 Å². The second kappa shape index (κ2) is 6.46. The fourth-order valence-corrected chi connectivity index (χ4v) is 0.941. The minimum Gasteiger partial charge on any atom is -0.469 e. The second-order valence-corrected chi connectivity index (χ2v) is 2.62. The van der Waals surface area contributed by atoms with Crippen LogP contribution in [0.4, 0.5) is 0 Å². The zero-order valence-corrected chi connectivity index (χ0v) is 8.04. The van der Waals surface area contributed by atoms with Crippen LogP contribution >= 0.6 is 0 Å². The second-order valence-electron chi connectivity index (χ2n) is 2.62. The molecule has 0 aliphatic heterocycles. The normalized spacial score (nSPS) is 11.9. The van der Waals surface area contributed by atoms with Crippen molar-refractivity contribution >= 4 is 11.9 Å². The van der Waals surface area contributed by atoms with Gasteiger partial charge in [-0.2, -0.15) is 0 Å². The highest BCUT2D eigenvalue weighted by molar-refractivity contribution is 5.74. The highest BCUT2D eigenvalue weighted by Crippen LogP contribution is 2.12. The van der Waals surface area contributed by atoms with E-state index in [4.69, 9.17) is 0 Å². The summed E-state index contributed by atoms with van der Waals surface area (Å²) in [6.07, 6.45) is 1.10. The maximum absolute atomic E-state index is 11.0.